The van der Waals surface area contributed by atoms with Crippen LogP contribution in [-0.2, 0) is 19.1 Å². The van der Waals surface area contributed by atoms with Crippen LogP contribution in [-0.4, -0.2) is 111 Å². The summed E-state index contributed by atoms with van der Waals surface area (Å²) in [4.78, 5) is 70.7. The van der Waals surface area contributed by atoms with Gasteiger partial charge in [-0.2, -0.15) is 0 Å². The minimum absolute atomic E-state index is 0.139. The van der Waals surface area contributed by atoms with Gasteiger partial charge in [0, 0.05) is 18.0 Å². The number of nitrogens with one attached hydrogen (secondary N) is 4. The van der Waals surface area contributed by atoms with E-state index in [1.54, 1.807) is 20.0 Å². The zero-order valence-electron chi connectivity index (χ0n) is 34.8. The Morgan fingerprint density at radius 3 is 2.20 bits per heavy atom. The van der Waals surface area contributed by atoms with Crippen LogP contribution in [0.2, 0.25) is 19.1 Å². The van der Waals surface area contributed by atoms with Crippen LogP contribution >= 0.6 is 0 Å². The van der Waals surface area contributed by atoms with Crippen molar-refractivity contribution in [2.24, 2.45) is 11.8 Å². The smallest absolute Gasteiger partial charge is 0.407 e. The van der Waals surface area contributed by atoms with Gasteiger partial charge in [0.2, 0.25) is 17.7 Å². The van der Waals surface area contributed by atoms with Crippen molar-refractivity contribution in [2.75, 3.05) is 26.4 Å². The summed E-state index contributed by atoms with van der Waals surface area (Å²) in [5.74, 6) is -4.34. The number of aromatic amines is 2. The molecule has 2 saturated heterocycles. The van der Waals surface area contributed by atoms with Gasteiger partial charge in [-0.05, 0) is 52.1 Å². The van der Waals surface area contributed by atoms with Crippen molar-refractivity contribution in [1.29, 1.82) is 0 Å². The number of rotatable bonds is 11. The normalized spacial score (nSPS) is 19.6. The summed E-state index contributed by atoms with van der Waals surface area (Å²) in [7, 11) is -0.505. The number of aliphatic hydroxyl groups is 1. The van der Waals surface area contributed by atoms with Crippen LogP contribution < -0.4 is 10.6 Å². The summed E-state index contributed by atoms with van der Waals surface area (Å²) < 4.78 is 34.7. The number of aliphatic hydroxyl groups excluding tert-OH is 1. The molecule has 2 fully saturated rings. The fraction of sp³-hybridized carbons (Fsp3) is 0.442. The number of alkyl carbamates (subject to hydrolysis) is 1. The summed E-state index contributed by atoms with van der Waals surface area (Å²) in [5.41, 5.74) is 4.89. The van der Waals surface area contributed by atoms with Crippen LogP contribution in [0.1, 0.15) is 57.8 Å². The van der Waals surface area contributed by atoms with E-state index in [-0.39, 0.29) is 23.7 Å². The number of hydrogen-bond donors (Lipinski definition) is 5. The van der Waals surface area contributed by atoms with Crippen LogP contribution in [0.5, 0.6) is 0 Å². The highest BCUT2D eigenvalue weighted by Gasteiger charge is 2.50. The molecule has 7 rings (SSSR count). The third kappa shape index (κ3) is 8.50. The highest BCUT2D eigenvalue weighted by molar-refractivity contribution is 6.78. The van der Waals surface area contributed by atoms with Crippen molar-refractivity contribution >= 4 is 53.7 Å². The van der Waals surface area contributed by atoms with Gasteiger partial charge in [0.25, 0.3) is 5.92 Å². The Kier molecular flexibility index (Phi) is 11.6. The molecule has 0 spiro atoms. The molecule has 17 heteroatoms. The molecule has 2 aliphatic heterocycles. The first-order valence-electron chi connectivity index (χ1n) is 20.2. The lowest BCUT2D eigenvalue weighted by Crippen LogP contribution is -2.52. The van der Waals surface area contributed by atoms with E-state index in [4.69, 9.17) is 14.7 Å². The molecule has 5 N–H and O–H groups in total. The number of ether oxygens (including phenoxy) is 1. The third-order valence-corrected chi connectivity index (χ3v) is 14.3. The summed E-state index contributed by atoms with van der Waals surface area (Å²) >= 11 is 0. The average molecular weight is 843 g/mol. The SMILES string of the molecule is COC(=O)N[C@H](C(=O)N1C[Si](C)(C)C[C@H]1c1ncc(-c2ccc(-c3ccc4c(ccc5[nH]c([C@@H]6CC(F)(F)CN6C(=O)[C@@H](NC(=O)CO)C(C)C)nc54)c3)cc2)[nH]1)C(C)C. The van der Waals surface area contributed by atoms with E-state index in [1.807, 2.05) is 73.3 Å². The van der Waals surface area contributed by atoms with Gasteiger partial charge >= 0.3 is 6.09 Å². The molecule has 0 radical (unpaired) electrons. The number of methoxy groups -OCH3 is 1. The Morgan fingerprint density at radius 2 is 1.53 bits per heavy atom. The van der Waals surface area contributed by atoms with Gasteiger partial charge in [0.1, 0.15) is 30.3 Å². The Labute approximate surface area is 347 Å². The van der Waals surface area contributed by atoms with E-state index in [0.717, 1.165) is 44.1 Å². The number of alkyl halides is 2. The van der Waals surface area contributed by atoms with Crippen LogP contribution in [0.25, 0.3) is 44.2 Å². The second kappa shape index (κ2) is 16.4. The van der Waals surface area contributed by atoms with Gasteiger partial charge in [-0.15, -0.1) is 0 Å². The Hall–Kier alpha value is -5.68. The van der Waals surface area contributed by atoms with Crippen LogP contribution in [0.3, 0.4) is 0 Å². The van der Waals surface area contributed by atoms with Crippen molar-refractivity contribution in [3.8, 4) is 22.4 Å². The minimum Gasteiger partial charge on any atom is -0.453 e. The third-order valence-electron chi connectivity index (χ3n) is 11.6. The number of imidazole rings is 2. The van der Waals surface area contributed by atoms with Crippen LogP contribution in [0.4, 0.5) is 13.6 Å². The number of amides is 4. The lowest BCUT2D eigenvalue weighted by molar-refractivity contribution is -0.140. The summed E-state index contributed by atoms with van der Waals surface area (Å²) in [6, 6.07) is 15.5. The van der Waals surface area contributed by atoms with Gasteiger partial charge in [-0.1, -0.05) is 83.3 Å². The Balaban J connectivity index is 1.11. The van der Waals surface area contributed by atoms with Gasteiger partial charge in [0.15, 0.2) is 0 Å². The van der Waals surface area contributed by atoms with E-state index >= 15 is 0 Å². The van der Waals surface area contributed by atoms with E-state index in [1.165, 1.54) is 7.11 Å². The number of likely N-dealkylation sites (tertiary alicyclic amines) is 1. The standard InChI is InChI=1S/C43H52F2N8O6Si/c1-23(2)35(49-34(55)19-54)40(56)52-21-43(44,45)17-32(52)39-47-30-15-13-28-16-27(12-14-29(28)37(30)50-39)25-8-10-26(11-9-25)31-18-46-38(48-31)33-20-60(6,7)22-53(33)41(57)36(24(3)4)51-42(58)59-5/h8-16,18,23-24,32-33,35-36,54H,17,19-22H2,1-7H3,(H,46,48)(H,47,50)(H,49,55)(H,51,58)/t32-,33-,35-,36-/m0/s1. The predicted molar refractivity (Wildman–Crippen MR) is 225 cm³/mol. The van der Waals surface area contributed by atoms with Crippen molar-refractivity contribution in [2.45, 2.75) is 83.3 Å². The van der Waals surface area contributed by atoms with E-state index in [0.29, 0.717) is 23.0 Å². The second-order valence-corrected chi connectivity index (χ2v) is 22.5. The molecule has 14 nitrogen and oxygen atoms in total. The number of nitrogens with zero attached hydrogens (tertiary/aromatic N) is 4. The zero-order valence-corrected chi connectivity index (χ0v) is 35.8. The molecule has 0 aliphatic carbocycles. The average Bonchev–Trinajstić information content (AvgIpc) is 4.01. The number of aromatic nitrogens is 4. The molecular weight excluding hydrogens is 791 g/mol. The first kappa shape index (κ1) is 42.4. The highest BCUT2D eigenvalue weighted by atomic mass is 28.3. The lowest BCUT2D eigenvalue weighted by Gasteiger charge is -2.30. The highest BCUT2D eigenvalue weighted by Crippen LogP contribution is 2.42. The maximum atomic E-state index is 14.9. The fourth-order valence-corrected chi connectivity index (χ4v) is 11.4. The molecule has 4 amide bonds. The molecule has 60 heavy (non-hydrogen) atoms. The predicted octanol–water partition coefficient (Wildman–Crippen LogP) is 6.33. The molecule has 5 aromatic rings. The van der Waals surface area contributed by atoms with Crippen LogP contribution in [0, 0.1) is 11.8 Å². The Bertz CT molecular complexity index is 2430. The number of hydrogen-bond acceptors (Lipinski definition) is 8. The topological polar surface area (TPSA) is 186 Å². The van der Waals surface area contributed by atoms with Crippen molar-refractivity contribution in [3.05, 3.63) is 72.4 Å². The molecule has 318 valence electrons. The summed E-state index contributed by atoms with van der Waals surface area (Å²) in [5, 5.41) is 16.1. The van der Waals surface area contributed by atoms with Gasteiger partial charge in [-0.25, -0.2) is 23.5 Å². The van der Waals surface area contributed by atoms with Crippen LogP contribution in [0.15, 0.2) is 60.8 Å². The van der Waals surface area contributed by atoms with Crippen molar-refractivity contribution < 1.29 is 37.8 Å². The number of carbonyl (C=O) groups excluding carboxylic acids is 4. The first-order chi connectivity index (χ1) is 28.4. The number of carbonyl (C=O) groups is 4. The molecule has 4 atom stereocenters. The zero-order chi connectivity index (χ0) is 43.3. The monoisotopic (exact) mass is 842 g/mol. The molecule has 0 saturated carbocycles. The Morgan fingerprint density at radius 1 is 0.883 bits per heavy atom. The van der Waals surface area contributed by atoms with Crippen molar-refractivity contribution in [3.63, 3.8) is 0 Å². The first-order valence-corrected chi connectivity index (χ1v) is 23.6. The molecule has 4 heterocycles. The number of fused-ring (bicyclic) bond motifs is 3. The minimum atomic E-state index is -3.16. The van der Waals surface area contributed by atoms with E-state index in [9.17, 15) is 33.1 Å². The number of benzene rings is 3. The maximum Gasteiger partial charge on any atom is 0.407 e. The van der Waals surface area contributed by atoms with Gasteiger partial charge in [-0.3, -0.25) is 14.4 Å². The fourth-order valence-electron chi connectivity index (χ4n) is 8.48. The van der Waals surface area contributed by atoms with Gasteiger partial charge < -0.3 is 40.2 Å². The van der Waals surface area contributed by atoms with Gasteiger partial charge in [0.05, 0.1) is 56.7 Å². The van der Waals surface area contributed by atoms with E-state index in [2.05, 4.69) is 33.7 Å². The summed E-state index contributed by atoms with van der Waals surface area (Å²) in [6.45, 7) is 10.1. The van der Waals surface area contributed by atoms with E-state index < -0.39 is 75.5 Å². The maximum absolute atomic E-state index is 14.9. The van der Waals surface area contributed by atoms with Crippen molar-refractivity contribution in [1.82, 2.24) is 40.4 Å². The summed E-state index contributed by atoms with van der Waals surface area (Å²) in [6.07, 6.45) is 1.17. The largest absolute Gasteiger partial charge is 0.453 e. The number of H-pyrrole nitrogens is 2. The quantitative estimate of drug-likeness (QED) is 0.0956. The molecule has 0 unspecified atom stereocenters. The lowest BCUT2D eigenvalue weighted by atomic mass is 9.99. The molecule has 2 aromatic heterocycles. The molecular formula is C43H52F2N8O6Si. The number of halogens is 2. The molecule has 3 aromatic carbocycles. The second-order valence-electron chi connectivity index (χ2n) is 17.5. The molecule has 2 aliphatic rings. The molecule has 0 bridgehead atoms.